The van der Waals surface area contributed by atoms with Crippen molar-refractivity contribution in [2.75, 3.05) is 25.6 Å². The van der Waals surface area contributed by atoms with Crippen LogP contribution in [0.25, 0.3) is 0 Å². The van der Waals surface area contributed by atoms with Gasteiger partial charge in [0.25, 0.3) is 0 Å². The van der Waals surface area contributed by atoms with E-state index in [-0.39, 0.29) is 5.82 Å². The Balaban J connectivity index is 2.81. The molecule has 0 saturated carbocycles. The van der Waals surface area contributed by atoms with Gasteiger partial charge in [0.1, 0.15) is 5.82 Å². The van der Waals surface area contributed by atoms with Gasteiger partial charge in [-0.2, -0.15) is 0 Å². The number of nitrogens with zero attached hydrogens (tertiary/aromatic N) is 1. The van der Waals surface area contributed by atoms with Crippen molar-refractivity contribution in [1.29, 1.82) is 0 Å². The highest BCUT2D eigenvalue weighted by Crippen LogP contribution is 2.24. The largest absolute Gasteiger partial charge is 0.383 e. The number of hydrogen-bond acceptors (Lipinski definition) is 3. The van der Waals surface area contributed by atoms with E-state index >= 15 is 0 Å². The minimum Gasteiger partial charge on any atom is -0.383 e. The van der Waals surface area contributed by atoms with Crippen molar-refractivity contribution in [2.45, 2.75) is 6.92 Å². The van der Waals surface area contributed by atoms with Crippen LogP contribution in [0.4, 0.5) is 10.1 Å². The summed E-state index contributed by atoms with van der Waals surface area (Å²) in [6, 6.07) is 3.06. The number of ether oxygens (including phenoxy) is 1. The molecule has 0 fully saturated rings. The first-order chi connectivity index (χ1) is 8.58. The molecule has 0 amide bonds. The van der Waals surface area contributed by atoms with Gasteiger partial charge in [0.15, 0.2) is 0 Å². The van der Waals surface area contributed by atoms with Gasteiger partial charge in [0.2, 0.25) is 5.96 Å². The third-order valence-electron chi connectivity index (χ3n) is 2.22. The number of benzene rings is 1. The van der Waals surface area contributed by atoms with E-state index in [1.165, 1.54) is 6.07 Å². The van der Waals surface area contributed by atoms with Crippen LogP contribution in [0.3, 0.4) is 0 Å². The molecule has 0 heterocycles. The molecule has 0 bridgehead atoms. The highest BCUT2D eigenvalue weighted by atomic mass is 79.9. The van der Waals surface area contributed by atoms with Crippen LogP contribution in [0.2, 0.25) is 0 Å². The molecule has 0 saturated heterocycles. The van der Waals surface area contributed by atoms with Crippen molar-refractivity contribution in [3.05, 3.63) is 28.0 Å². The molecule has 0 unspecified atom stereocenters. The smallest absolute Gasteiger partial charge is 0.210 e. The van der Waals surface area contributed by atoms with E-state index in [4.69, 9.17) is 10.6 Å². The quantitative estimate of drug-likeness (QED) is 0.260. The summed E-state index contributed by atoms with van der Waals surface area (Å²) in [6.07, 6.45) is 0. The molecule has 0 atom stereocenters. The summed E-state index contributed by atoms with van der Waals surface area (Å²) in [5.41, 5.74) is 3.92. The number of hydrogen-bond donors (Lipinski definition) is 3. The van der Waals surface area contributed by atoms with Gasteiger partial charge < -0.3 is 10.1 Å². The van der Waals surface area contributed by atoms with E-state index in [2.05, 4.69) is 31.7 Å². The normalized spacial score (nSPS) is 11.5. The van der Waals surface area contributed by atoms with E-state index in [0.29, 0.717) is 23.6 Å². The van der Waals surface area contributed by atoms with Crippen LogP contribution in [0, 0.1) is 12.7 Å². The minimum absolute atomic E-state index is 0.309. The number of aliphatic imine (C=N–C) groups is 1. The van der Waals surface area contributed by atoms with Crippen molar-refractivity contribution >= 4 is 27.6 Å². The Morgan fingerprint density at radius 1 is 1.56 bits per heavy atom. The van der Waals surface area contributed by atoms with E-state index in [0.717, 1.165) is 11.3 Å². The lowest BCUT2D eigenvalue weighted by Crippen LogP contribution is -2.36. The lowest BCUT2D eigenvalue weighted by Gasteiger charge is -2.12. The van der Waals surface area contributed by atoms with Crippen LogP contribution in [-0.2, 0) is 4.74 Å². The van der Waals surface area contributed by atoms with Crippen LogP contribution in [0.5, 0.6) is 0 Å². The maximum atomic E-state index is 13.3. The van der Waals surface area contributed by atoms with Crippen LogP contribution in [-0.4, -0.2) is 26.2 Å². The predicted octanol–water partition coefficient (Wildman–Crippen LogP) is 1.77. The molecule has 100 valence electrons. The number of nitrogens with one attached hydrogen (secondary N) is 2. The Kier molecular flexibility index (Phi) is 6.03. The fourth-order valence-corrected chi connectivity index (χ4v) is 1.62. The van der Waals surface area contributed by atoms with Crippen LogP contribution in [0.15, 0.2) is 21.6 Å². The van der Waals surface area contributed by atoms with Crippen molar-refractivity contribution in [1.82, 2.24) is 5.43 Å². The molecule has 18 heavy (non-hydrogen) atoms. The second kappa shape index (κ2) is 7.30. The zero-order valence-corrected chi connectivity index (χ0v) is 11.8. The lowest BCUT2D eigenvalue weighted by molar-refractivity contribution is 0.208. The van der Waals surface area contributed by atoms with E-state index < -0.39 is 0 Å². The summed E-state index contributed by atoms with van der Waals surface area (Å²) >= 11 is 3.13. The third-order valence-corrected chi connectivity index (χ3v) is 2.83. The van der Waals surface area contributed by atoms with Crippen LogP contribution in [0.1, 0.15) is 5.56 Å². The lowest BCUT2D eigenvalue weighted by atomic mass is 10.2. The molecule has 1 aromatic rings. The highest BCUT2D eigenvalue weighted by molar-refractivity contribution is 9.10. The zero-order chi connectivity index (χ0) is 13.5. The molecule has 1 aromatic carbocycles. The number of methoxy groups -OCH3 is 1. The van der Waals surface area contributed by atoms with Gasteiger partial charge in [-0.15, -0.1) is 0 Å². The van der Waals surface area contributed by atoms with Gasteiger partial charge >= 0.3 is 0 Å². The maximum Gasteiger partial charge on any atom is 0.210 e. The van der Waals surface area contributed by atoms with Crippen molar-refractivity contribution in [3.8, 4) is 0 Å². The number of rotatable bonds is 4. The highest BCUT2D eigenvalue weighted by Gasteiger charge is 2.06. The molecule has 0 radical (unpaired) electrons. The summed E-state index contributed by atoms with van der Waals surface area (Å²) in [5.74, 6) is 5.44. The minimum atomic E-state index is -0.309. The monoisotopic (exact) mass is 318 g/mol. The molecule has 0 aromatic heterocycles. The first kappa shape index (κ1) is 14.9. The van der Waals surface area contributed by atoms with Crippen LogP contribution < -0.4 is 16.6 Å². The average Bonchev–Trinajstić information content (AvgIpc) is 2.34. The summed E-state index contributed by atoms with van der Waals surface area (Å²) < 4.78 is 18.5. The number of hydrazine groups is 1. The molecule has 4 N–H and O–H groups in total. The van der Waals surface area contributed by atoms with E-state index in [9.17, 15) is 4.39 Å². The first-order valence-electron chi connectivity index (χ1n) is 5.31. The van der Waals surface area contributed by atoms with Crippen LogP contribution >= 0.6 is 15.9 Å². The Bertz CT molecular complexity index is 439. The molecule has 0 spiro atoms. The topological polar surface area (TPSA) is 71.7 Å². The van der Waals surface area contributed by atoms with Gasteiger partial charge in [-0.3, -0.25) is 5.43 Å². The molecule has 1 rings (SSSR count). The summed E-state index contributed by atoms with van der Waals surface area (Å²) in [5, 5.41) is 2.99. The Hall–Kier alpha value is -1.18. The molecule has 5 nitrogen and oxygen atoms in total. The second-order valence-electron chi connectivity index (χ2n) is 3.57. The van der Waals surface area contributed by atoms with Crippen molar-refractivity contribution < 1.29 is 9.13 Å². The zero-order valence-electron chi connectivity index (χ0n) is 10.3. The number of anilines is 1. The summed E-state index contributed by atoms with van der Waals surface area (Å²) in [7, 11) is 1.60. The SMILES string of the molecule is COCCN=C(NN)Nc1cc(Br)c(F)cc1C. The summed E-state index contributed by atoms with van der Waals surface area (Å²) in [6.45, 7) is 2.77. The number of halogens is 2. The van der Waals surface area contributed by atoms with Gasteiger partial charge in [-0.1, -0.05) is 0 Å². The molecule has 0 aliphatic rings. The molecule has 0 aliphatic carbocycles. The molecular formula is C11H16BrFN4O. The van der Waals surface area contributed by atoms with Crippen molar-refractivity contribution in [3.63, 3.8) is 0 Å². The molecule has 0 aliphatic heterocycles. The van der Waals surface area contributed by atoms with Gasteiger partial charge in [0, 0.05) is 12.8 Å². The van der Waals surface area contributed by atoms with Gasteiger partial charge in [0.05, 0.1) is 17.6 Å². The maximum absolute atomic E-state index is 13.3. The fourth-order valence-electron chi connectivity index (χ4n) is 1.28. The average molecular weight is 319 g/mol. The van der Waals surface area contributed by atoms with E-state index in [1.807, 2.05) is 0 Å². The van der Waals surface area contributed by atoms with Gasteiger partial charge in [-0.05, 0) is 40.5 Å². The standard InChI is InChI=1S/C11H16BrFN4O/c1-7-5-9(13)8(12)6-10(7)16-11(17-14)15-3-4-18-2/h5-6H,3-4,14H2,1-2H3,(H2,15,16,17). The number of nitrogens with two attached hydrogens (primary N) is 1. The molecule has 7 heteroatoms. The number of aryl methyl sites for hydroxylation is 1. The molecular weight excluding hydrogens is 303 g/mol. The Morgan fingerprint density at radius 3 is 2.89 bits per heavy atom. The fraction of sp³-hybridized carbons (Fsp3) is 0.364. The van der Waals surface area contributed by atoms with Gasteiger partial charge in [-0.25, -0.2) is 15.2 Å². The number of guanidine groups is 1. The van der Waals surface area contributed by atoms with Crippen molar-refractivity contribution in [2.24, 2.45) is 10.8 Å². The Morgan fingerprint density at radius 2 is 2.28 bits per heavy atom. The third kappa shape index (κ3) is 4.25. The predicted molar refractivity (Wildman–Crippen MR) is 74.0 cm³/mol. The summed E-state index contributed by atoms with van der Waals surface area (Å²) in [4.78, 5) is 4.16. The second-order valence-corrected chi connectivity index (χ2v) is 4.43. The Labute approximate surface area is 114 Å². The van der Waals surface area contributed by atoms with E-state index in [1.54, 1.807) is 20.1 Å². The first-order valence-corrected chi connectivity index (χ1v) is 6.10.